The average molecular weight is 301 g/mol. The van der Waals surface area contributed by atoms with Gasteiger partial charge in [0, 0.05) is 6.54 Å². The van der Waals surface area contributed by atoms with E-state index in [2.05, 4.69) is 16.0 Å². The molecule has 0 saturated carbocycles. The summed E-state index contributed by atoms with van der Waals surface area (Å²) < 4.78 is 5.14. The molecule has 3 atom stereocenters. The monoisotopic (exact) mass is 301 g/mol. The van der Waals surface area contributed by atoms with Gasteiger partial charge in [-0.2, -0.15) is 0 Å². The summed E-state index contributed by atoms with van der Waals surface area (Å²) in [6, 6.07) is -1.92. The zero-order valence-electron chi connectivity index (χ0n) is 12.6. The highest BCUT2D eigenvalue weighted by Crippen LogP contribution is 2.28. The first-order chi connectivity index (χ1) is 9.81. The van der Waals surface area contributed by atoms with Crippen molar-refractivity contribution in [3.05, 3.63) is 0 Å². The van der Waals surface area contributed by atoms with Gasteiger partial charge in [0.05, 0.1) is 19.3 Å². The van der Waals surface area contributed by atoms with E-state index in [4.69, 9.17) is 4.74 Å². The molecule has 3 unspecified atom stereocenters. The first-order valence-corrected chi connectivity index (χ1v) is 6.97. The molecule has 0 aliphatic carbocycles. The lowest BCUT2D eigenvalue weighted by Crippen LogP contribution is -2.55. The van der Waals surface area contributed by atoms with E-state index in [9.17, 15) is 19.5 Å². The largest absolute Gasteiger partial charge is 0.481 e. The molecule has 0 aromatic heterocycles. The molecule has 1 aliphatic heterocycles. The number of aliphatic carboxylic acids is 1. The summed E-state index contributed by atoms with van der Waals surface area (Å²) in [5, 5.41) is 16.9. The Morgan fingerprint density at radius 3 is 2.67 bits per heavy atom. The lowest BCUT2D eigenvalue weighted by Gasteiger charge is -2.26. The van der Waals surface area contributed by atoms with E-state index >= 15 is 0 Å². The molecule has 8 heteroatoms. The molecular formula is C13H23N3O5. The van der Waals surface area contributed by atoms with E-state index < -0.39 is 29.5 Å². The van der Waals surface area contributed by atoms with Crippen LogP contribution in [0.4, 0.5) is 4.79 Å². The number of carbonyl (C=O) groups is 3. The number of urea groups is 1. The number of carboxylic acids is 1. The molecule has 1 rings (SSSR count). The van der Waals surface area contributed by atoms with E-state index in [1.807, 2.05) is 6.92 Å². The molecule has 0 radical (unpaired) electrons. The molecular weight excluding hydrogens is 278 g/mol. The summed E-state index contributed by atoms with van der Waals surface area (Å²) in [5.41, 5.74) is -1.16. The maximum absolute atomic E-state index is 11.8. The van der Waals surface area contributed by atoms with Gasteiger partial charge in [0.25, 0.3) is 0 Å². The minimum atomic E-state index is -1.16. The number of carboxylic acid groups (broad SMARTS) is 1. The van der Waals surface area contributed by atoms with Crippen LogP contribution >= 0.6 is 0 Å². The molecule has 21 heavy (non-hydrogen) atoms. The molecule has 4 N–H and O–H groups in total. The summed E-state index contributed by atoms with van der Waals surface area (Å²) in [7, 11) is 0. The second kappa shape index (κ2) is 7.26. The maximum Gasteiger partial charge on any atom is 0.315 e. The zero-order chi connectivity index (χ0) is 16.0. The minimum Gasteiger partial charge on any atom is -0.481 e. The Kier molecular flexibility index (Phi) is 5.95. The van der Waals surface area contributed by atoms with Crippen molar-refractivity contribution in [3.8, 4) is 0 Å². The van der Waals surface area contributed by atoms with Crippen LogP contribution in [0.25, 0.3) is 0 Å². The van der Waals surface area contributed by atoms with E-state index in [1.54, 1.807) is 6.92 Å². The van der Waals surface area contributed by atoms with Gasteiger partial charge in [-0.1, -0.05) is 6.92 Å². The summed E-state index contributed by atoms with van der Waals surface area (Å²) in [4.78, 5) is 34.7. The Morgan fingerprint density at radius 2 is 2.10 bits per heavy atom. The van der Waals surface area contributed by atoms with Gasteiger partial charge in [0.2, 0.25) is 5.91 Å². The Bertz CT molecular complexity index is 415. The molecule has 3 amide bonds. The first-order valence-electron chi connectivity index (χ1n) is 6.97. The number of hydrogen-bond donors (Lipinski definition) is 4. The third kappa shape index (κ3) is 4.32. The smallest absolute Gasteiger partial charge is 0.315 e. The van der Waals surface area contributed by atoms with Crippen LogP contribution in [0.15, 0.2) is 0 Å². The fourth-order valence-corrected chi connectivity index (χ4v) is 1.95. The number of hydrogen-bond acceptors (Lipinski definition) is 4. The first kappa shape index (κ1) is 17.2. The highest BCUT2D eigenvalue weighted by molar-refractivity contribution is 5.87. The van der Waals surface area contributed by atoms with Crippen LogP contribution in [-0.2, 0) is 14.3 Å². The predicted molar refractivity (Wildman–Crippen MR) is 74.8 cm³/mol. The third-order valence-corrected chi connectivity index (χ3v) is 3.54. The van der Waals surface area contributed by atoms with E-state index in [0.29, 0.717) is 6.54 Å². The van der Waals surface area contributed by atoms with Crippen LogP contribution in [0.2, 0.25) is 0 Å². The van der Waals surface area contributed by atoms with Crippen molar-refractivity contribution in [1.29, 1.82) is 0 Å². The van der Waals surface area contributed by atoms with Gasteiger partial charge in [-0.15, -0.1) is 0 Å². The second-order valence-corrected chi connectivity index (χ2v) is 5.42. The highest BCUT2D eigenvalue weighted by Gasteiger charge is 2.47. The van der Waals surface area contributed by atoms with E-state index in [-0.39, 0.29) is 19.1 Å². The summed E-state index contributed by atoms with van der Waals surface area (Å²) in [5.74, 6) is -1.31. The van der Waals surface area contributed by atoms with E-state index in [0.717, 1.165) is 6.42 Å². The highest BCUT2D eigenvalue weighted by atomic mass is 16.5. The lowest BCUT2D eigenvalue weighted by atomic mass is 9.85. The van der Waals surface area contributed by atoms with Crippen LogP contribution in [0.3, 0.4) is 0 Å². The molecule has 1 fully saturated rings. The SMILES string of the molecule is CCCNC(=O)C(C)NC(=O)NC1COCC1(C)C(=O)O. The van der Waals surface area contributed by atoms with Crippen LogP contribution in [0.5, 0.6) is 0 Å². The Balaban J connectivity index is 2.50. The Morgan fingerprint density at radius 1 is 1.43 bits per heavy atom. The third-order valence-electron chi connectivity index (χ3n) is 3.54. The Hall–Kier alpha value is -1.83. The predicted octanol–water partition coefficient (Wildman–Crippen LogP) is -0.310. The van der Waals surface area contributed by atoms with Crippen molar-refractivity contribution in [1.82, 2.24) is 16.0 Å². The number of nitrogens with one attached hydrogen (secondary N) is 3. The van der Waals surface area contributed by atoms with Crippen molar-refractivity contribution in [2.45, 2.75) is 39.3 Å². The maximum atomic E-state index is 11.8. The van der Waals surface area contributed by atoms with Crippen molar-refractivity contribution in [2.75, 3.05) is 19.8 Å². The van der Waals surface area contributed by atoms with Gasteiger partial charge in [-0.05, 0) is 20.3 Å². The summed E-state index contributed by atoms with van der Waals surface area (Å²) in [6.45, 7) is 5.72. The summed E-state index contributed by atoms with van der Waals surface area (Å²) in [6.07, 6.45) is 0.807. The van der Waals surface area contributed by atoms with Gasteiger partial charge in [-0.3, -0.25) is 9.59 Å². The quantitative estimate of drug-likeness (QED) is 0.537. The fraction of sp³-hybridized carbons (Fsp3) is 0.769. The van der Waals surface area contributed by atoms with Gasteiger partial charge >= 0.3 is 12.0 Å². The Labute approximate surface area is 123 Å². The molecule has 1 heterocycles. The molecule has 0 spiro atoms. The van der Waals surface area contributed by atoms with Crippen LogP contribution in [0, 0.1) is 5.41 Å². The lowest BCUT2D eigenvalue weighted by molar-refractivity contribution is -0.148. The van der Waals surface area contributed by atoms with Crippen LogP contribution in [0.1, 0.15) is 27.2 Å². The van der Waals surface area contributed by atoms with Crippen molar-refractivity contribution in [2.24, 2.45) is 5.41 Å². The van der Waals surface area contributed by atoms with Gasteiger partial charge < -0.3 is 25.8 Å². The molecule has 0 aromatic rings. The molecule has 1 saturated heterocycles. The molecule has 0 bridgehead atoms. The van der Waals surface area contributed by atoms with Gasteiger partial charge in [-0.25, -0.2) is 4.79 Å². The number of rotatable bonds is 6. The topological polar surface area (TPSA) is 117 Å². The molecule has 0 aromatic carbocycles. The minimum absolute atomic E-state index is 0.0415. The zero-order valence-corrected chi connectivity index (χ0v) is 12.6. The molecule has 8 nitrogen and oxygen atoms in total. The number of carbonyl (C=O) groups excluding carboxylic acids is 2. The normalized spacial score (nSPS) is 26.0. The van der Waals surface area contributed by atoms with Crippen molar-refractivity contribution < 1.29 is 24.2 Å². The molecule has 120 valence electrons. The van der Waals surface area contributed by atoms with Crippen LogP contribution < -0.4 is 16.0 Å². The van der Waals surface area contributed by atoms with Gasteiger partial charge in [0.15, 0.2) is 0 Å². The average Bonchev–Trinajstić information content (AvgIpc) is 2.78. The number of amides is 3. The molecule has 1 aliphatic rings. The second-order valence-electron chi connectivity index (χ2n) is 5.42. The standard InChI is InChI=1S/C13H23N3O5/c1-4-5-14-10(17)8(2)15-12(20)16-9-6-21-7-13(9,3)11(18)19/h8-9H,4-7H2,1-3H3,(H,14,17)(H,18,19)(H2,15,16,20). The number of ether oxygens (including phenoxy) is 1. The fourth-order valence-electron chi connectivity index (χ4n) is 1.95. The van der Waals surface area contributed by atoms with Crippen molar-refractivity contribution in [3.63, 3.8) is 0 Å². The van der Waals surface area contributed by atoms with E-state index in [1.165, 1.54) is 6.92 Å². The van der Waals surface area contributed by atoms with Gasteiger partial charge in [0.1, 0.15) is 11.5 Å². The summed E-state index contributed by atoms with van der Waals surface area (Å²) >= 11 is 0. The van der Waals surface area contributed by atoms with Crippen LogP contribution in [-0.4, -0.2) is 54.9 Å². The van der Waals surface area contributed by atoms with Crippen molar-refractivity contribution >= 4 is 17.9 Å².